The zero-order chi connectivity index (χ0) is 16.4. The van der Waals surface area contributed by atoms with Crippen LogP contribution in [-0.2, 0) is 9.59 Å². The molecular formula is C18H23NO3S. The van der Waals surface area contributed by atoms with Crippen LogP contribution >= 0.6 is 11.8 Å². The second-order valence-electron chi connectivity index (χ2n) is 6.46. The zero-order valence-corrected chi connectivity index (χ0v) is 14.2. The third kappa shape index (κ3) is 3.25. The molecule has 5 heteroatoms. The highest BCUT2D eigenvalue weighted by atomic mass is 32.2. The summed E-state index contributed by atoms with van der Waals surface area (Å²) in [5.41, 5.74) is 0. The molecule has 1 N–H and O–H groups in total. The molecule has 0 bridgehead atoms. The van der Waals surface area contributed by atoms with Gasteiger partial charge in [-0.3, -0.25) is 4.79 Å². The van der Waals surface area contributed by atoms with Crippen LogP contribution in [0.5, 0.6) is 0 Å². The van der Waals surface area contributed by atoms with Gasteiger partial charge in [0.25, 0.3) is 0 Å². The van der Waals surface area contributed by atoms with Crippen molar-refractivity contribution in [1.29, 1.82) is 0 Å². The van der Waals surface area contributed by atoms with E-state index in [9.17, 15) is 14.7 Å². The van der Waals surface area contributed by atoms with Gasteiger partial charge in [-0.25, -0.2) is 4.79 Å². The molecule has 3 rings (SSSR count). The molecule has 2 fully saturated rings. The minimum Gasteiger partial charge on any atom is -0.480 e. The van der Waals surface area contributed by atoms with Crippen LogP contribution in [0.1, 0.15) is 32.6 Å². The minimum absolute atomic E-state index is 0.0110. The maximum absolute atomic E-state index is 13.0. The first kappa shape index (κ1) is 16.4. The van der Waals surface area contributed by atoms with E-state index in [1.165, 1.54) is 0 Å². The molecule has 4 atom stereocenters. The predicted molar refractivity (Wildman–Crippen MR) is 90.3 cm³/mol. The van der Waals surface area contributed by atoms with Gasteiger partial charge < -0.3 is 10.0 Å². The van der Waals surface area contributed by atoms with Gasteiger partial charge in [-0.1, -0.05) is 31.5 Å². The standard InChI is InChI=1S/C18H23NO3S/c1-2-15(23-13-8-4-3-5-9-13)17(20)19-11-12-7-6-10-14(12)16(19)18(21)22/h3-5,8-9,12,14-16H,2,6-7,10-11H2,1H3,(H,21,22). The van der Waals surface area contributed by atoms with Gasteiger partial charge in [0, 0.05) is 11.4 Å². The largest absolute Gasteiger partial charge is 0.480 e. The van der Waals surface area contributed by atoms with Crippen molar-refractivity contribution >= 4 is 23.6 Å². The number of hydrogen-bond acceptors (Lipinski definition) is 3. The molecule has 124 valence electrons. The highest BCUT2D eigenvalue weighted by molar-refractivity contribution is 8.00. The van der Waals surface area contributed by atoms with Crippen LogP contribution in [0.3, 0.4) is 0 Å². The van der Waals surface area contributed by atoms with Crippen molar-refractivity contribution in [2.24, 2.45) is 11.8 Å². The van der Waals surface area contributed by atoms with E-state index in [2.05, 4.69) is 0 Å². The van der Waals surface area contributed by atoms with Crippen LogP contribution in [0.15, 0.2) is 35.2 Å². The van der Waals surface area contributed by atoms with Crippen LogP contribution in [0.2, 0.25) is 0 Å². The lowest BCUT2D eigenvalue weighted by Crippen LogP contribution is -2.46. The Balaban J connectivity index is 1.76. The Kier molecular flexibility index (Phi) is 4.95. The fourth-order valence-corrected chi connectivity index (χ4v) is 5.05. The summed E-state index contributed by atoms with van der Waals surface area (Å²) in [4.78, 5) is 27.4. The molecule has 0 radical (unpaired) electrons. The van der Waals surface area contributed by atoms with Crippen molar-refractivity contribution in [3.05, 3.63) is 30.3 Å². The smallest absolute Gasteiger partial charge is 0.326 e. The number of carboxylic acid groups (broad SMARTS) is 1. The van der Waals surface area contributed by atoms with E-state index in [1.807, 2.05) is 37.3 Å². The maximum Gasteiger partial charge on any atom is 0.326 e. The summed E-state index contributed by atoms with van der Waals surface area (Å²) in [6, 6.07) is 9.23. The Labute approximate surface area is 141 Å². The summed E-state index contributed by atoms with van der Waals surface area (Å²) in [7, 11) is 0. The van der Waals surface area contributed by atoms with Crippen molar-refractivity contribution in [3.8, 4) is 0 Å². The molecule has 1 aromatic carbocycles. The summed E-state index contributed by atoms with van der Waals surface area (Å²) in [5.74, 6) is -0.328. The monoisotopic (exact) mass is 333 g/mol. The fraction of sp³-hybridized carbons (Fsp3) is 0.556. The van der Waals surface area contributed by atoms with Crippen molar-refractivity contribution in [1.82, 2.24) is 4.90 Å². The van der Waals surface area contributed by atoms with E-state index in [0.717, 1.165) is 24.2 Å². The molecule has 0 aromatic heterocycles. The minimum atomic E-state index is -0.840. The maximum atomic E-state index is 13.0. The highest BCUT2D eigenvalue weighted by Crippen LogP contribution is 2.43. The first-order chi connectivity index (χ1) is 11.1. The molecule has 0 spiro atoms. The second-order valence-corrected chi connectivity index (χ2v) is 7.73. The SMILES string of the molecule is CCC(Sc1ccccc1)C(=O)N1CC2CCCC2C1C(=O)O. The molecule has 1 heterocycles. The lowest BCUT2D eigenvalue weighted by molar-refractivity contribution is -0.149. The number of likely N-dealkylation sites (tertiary alicyclic amines) is 1. The quantitative estimate of drug-likeness (QED) is 0.840. The Hall–Kier alpha value is -1.49. The average molecular weight is 333 g/mol. The number of benzene rings is 1. The summed E-state index contributed by atoms with van der Waals surface area (Å²) in [6.45, 7) is 2.61. The van der Waals surface area contributed by atoms with Gasteiger partial charge in [-0.05, 0) is 43.2 Å². The molecule has 23 heavy (non-hydrogen) atoms. The first-order valence-corrected chi connectivity index (χ1v) is 9.24. The molecule has 2 aliphatic rings. The molecule has 4 unspecified atom stereocenters. The van der Waals surface area contributed by atoms with Gasteiger partial charge >= 0.3 is 5.97 Å². The van der Waals surface area contributed by atoms with Gasteiger partial charge in [-0.15, -0.1) is 11.8 Å². The third-order valence-electron chi connectivity index (χ3n) is 5.09. The van der Waals surface area contributed by atoms with E-state index < -0.39 is 12.0 Å². The van der Waals surface area contributed by atoms with E-state index in [1.54, 1.807) is 16.7 Å². The normalized spacial score (nSPS) is 27.7. The van der Waals surface area contributed by atoms with Crippen molar-refractivity contribution in [2.45, 2.75) is 48.8 Å². The van der Waals surface area contributed by atoms with Gasteiger partial charge in [0.2, 0.25) is 5.91 Å². The van der Waals surface area contributed by atoms with Crippen LogP contribution in [-0.4, -0.2) is 39.7 Å². The topological polar surface area (TPSA) is 57.6 Å². The summed E-state index contributed by atoms with van der Waals surface area (Å²) in [5, 5.41) is 9.41. The number of rotatable bonds is 5. The predicted octanol–water partition coefficient (Wildman–Crippen LogP) is 3.27. The third-order valence-corrected chi connectivity index (χ3v) is 6.46. The number of aliphatic carboxylic acids is 1. The number of carbonyl (C=O) groups is 2. The number of nitrogens with zero attached hydrogens (tertiary/aromatic N) is 1. The van der Waals surface area contributed by atoms with E-state index in [0.29, 0.717) is 18.9 Å². The van der Waals surface area contributed by atoms with Gasteiger partial charge in [0.1, 0.15) is 6.04 Å². The summed E-state index contributed by atoms with van der Waals surface area (Å²) in [6.07, 6.45) is 3.79. The Bertz CT molecular complexity index is 577. The Morgan fingerprint density at radius 2 is 2.04 bits per heavy atom. The molecule has 4 nitrogen and oxygen atoms in total. The first-order valence-electron chi connectivity index (χ1n) is 8.36. The molecule has 1 aromatic rings. The zero-order valence-electron chi connectivity index (χ0n) is 13.4. The molecular weight excluding hydrogens is 310 g/mol. The molecule has 1 saturated heterocycles. The van der Waals surface area contributed by atoms with Crippen LogP contribution in [0, 0.1) is 11.8 Å². The van der Waals surface area contributed by atoms with E-state index in [-0.39, 0.29) is 17.1 Å². The van der Waals surface area contributed by atoms with E-state index in [4.69, 9.17) is 0 Å². The number of carboxylic acids is 1. The number of amides is 1. The van der Waals surface area contributed by atoms with Gasteiger partial charge in [0.15, 0.2) is 0 Å². The number of hydrogen-bond donors (Lipinski definition) is 1. The number of thioether (sulfide) groups is 1. The van der Waals surface area contributed by atoms with Crippen molar-refractivity contribution in [3.63, 3.8) is 0 Å². The molecule has 1 amide bonds. The second kappa shape index (κ2) is 6.95. The van der Waals surface area contributed by atoms with Gasteiger partial charge in [0.05, 0.1) is 5.25 Å². The lowest BCUT2D eigenvalue weighted by Gasteiger charge is -2.28. The summed E-state index contributed by atoms with van der Waals surface area (Å²) >= 11 is 1.54. The van der Waals surface area contributed by atoms with Crippen molar-refractivity contribution in [2.75, 3.05) is 6.54 Å². The highest BCUT2D eigenvalue weighted by Gasteiger charge is 2.50. The van der Waals surface area contributed by atoms with Crippen molar-refractivity contribution < 1.29 is 14.7 Å². The summed E-state index contributed by atoms with van der Waals surface area (Å²) < 4.78 is 0. The Morgan fingerprint density at radius 1 is 1.30 bits per heavy atom. The fourth-order valence-electron chi connectivity index (χ4n) is 4.01. The number of fused-ring (bicyclic) bond motifs is 1. The molecule has 1 aliphatic carbocycles. The van der Waals surface area contributed by atoms with Crippen LogP contribution in [0.4, 0.5) is 0 Å². The molecule has 1 aliphatic heterocycles. The van der Waals surface area contributed by atoms with Crippen LogP contribution in [0.25, 0.3) is 0 Å². The average Bonchev–Trinajstić information content (AvgIpc) is 3.13. The van der Waals surface area contributed by atoms with Crippen LogP contribution < -0.4 is 0 Å². The van der Waals surface area contributed by atoms with Gasteiger partial charge in [-0.2, -0.15) is 0 Å². The molecule has 1 saturated carbocycles. The van der Waals surface area contributed by atoms with E-state index >= 15 is 0 Å². The Morgan fingerprint density at radius 3 is 2.70 bits per heavy atom. The number of carbonyl (C=O) groups excluding carboxylic acids is 1. The lowest BCUT2D eigenvalue weighted by atomic mass is 9.94.